The average molecular weight is 1350 g/mol. The van der Waals surface area contributed by atoms with Gasteiger partial charge in [0.05, 0.1) is 0 Å². The molecule has 24 heteroatoms. The number of aromatic nitrogens is 6. The second kappa shape index (κ2) is 21.8. The minimum absolute atomic E-state index is 0.00648. The summed E-state index contributed by atoms with van der Waals surface area (Å²) in [5.74, 6) is -0.209. The van der Waals surface area contributed by atoms with Crippen LogP contribution < -0.4 is 0 Å². The van der Waals surface area contributed by atoms with Crippen molar-refractivity contribution in [2.75, 3.05) is 0 Å². The van der Waals surface area contributed by atoms with Gasteiger partial charge in [-0.3, -0.25) is 0 Å². The van der Waals surface area contributed by atoms with Gasteiger partial charge in [0, 0.05) is 66.1 Å². The van der Waals surface area contributed by atoms with Gasteiger partial charge in [0.25, 0.3) is 0 Å². The largest absolute Gasteiger partial charge is 0.348 e. The molecule has 0 fully saturated rings. The molecule has 1 aliphatic rings. The quantitative estimate of drug-likeness (QED) is 0.0943. The number of nitrogens with zero attached hydrogens (tertiary/aromatic N) is 4. The monoisotopic (exact) mass is 1350 g/mol. The molecule has 3 aromatic heterocycles. The molecule has 0 saturated heterocycles. The Morgan fingerprint density at radius 3 is 0.644 bits per heavy atom. The molecule has 9 aromatic carbocycles. The van der Waals surface area contributed by atoms with Crippen LogP contribution in [-0.2, 0) is 32.3 Å². The maximum Gasteiger partial charge on any atom is 0.348 e. The molecule has 0 saturated carbocycles. The third-order valence-corrected chi connectivity index (χ3v) is 16.6. The smallest absolute Gasteiger partial charge is 0.324 e. The molecular formula is C66H32Cl6F12N6. The minimum Gasteiger partial charge on any atom is -0.324 e. The summed E-state index contributed by atoms with van der Waals surface area (Å²) in [6.07, 6.45) is 0. The van der Waals surface area contributed by atoms with Crippen molar-refractivity contribution in [2.24, 2.45) is 0 Å². The Balaban J connectivity index is 1.20. The Bertz CT molecular complexity index is 4710. The second-order valence-electron chi connectivity index (χ2n) is 21.0. The van der Waals surface area contributed by atoms with E-state index in [9.17, 15) is 52.7 Å². The first kappa shape index (κ1) is 60.8. The van der Waals surface area contributed by atoms with Gasteiger partial charge in [-0.15, -0.1) is 0 Å². The average Bonchev–Trinajstić information content (AvgIpc) is 1.55. The number of hydrogen-bond donors (Lipinski definition) is 2. The second-order valence-corrected chi connectivity index (χ2v) is 23.9. The van der Waals surface area contributed by atoms with Crippen LogP contribution in [0.25, 0.3) is 134 Å². The van der Waals surface area contributed by atoms with E-state index in [0.717, 1.165) is 72.8 Å². The number of fused-ring (bicyclic) bond motifs is 15. The SMILES string of the molecule is FC(F)(Cl)c1cccc(-c2cc3c(cc2-c2cccc(C(F)(F)Cl)c2)-c2nc-3nc3[nH]c(nc4[nH]c(n2)c2cc(-c5cccc(C(F)(F)Cl)c5)c(-c5cccc(C(F)(F)Cl)c5)cc42)c2cc(-c4cccc(C(F)(F)Cl)c4)c(-c4cccc(C(F)(F)Cl)c4)cc32)c1. The van der Waals surface area contributed by atoms with E-state index in [1.165, 1.54) is 84.9 Å². The van der Waals surface area contributed by atoms with Crippen LogP contribution in [0.5, 0.6) is 0 Å². The molecule has 12 aromatic rings. The Hall–Kier alpha value is -8.10. The van der Waals surface area contributed by atoms with Crippen LogP contribution in [0, 0.1) is 0 Å². The molecule has 90 heavy (non-hydrogen) atoms. The van der Waals surface area contributed by atoms with Gasteiger partial charge in [0.1, 0.15) is 22.6 Å². The van der Waals surface area contributed by atoms with Gasteiger partial charge in [0.15, 0.2) is 11.6 Å². The van der Waals surface area contributed by atoms with Crippen molar-refractivity contribution >= 4 is 114 Å². The van der Waals surface area contributed by atoms with E-state index in [-0.39, 0.29) is 134 Å². The van der Waals surface area contributed by atoms with E-state index in [2.05, 4.69) is 9.97 Å². The lowest BCUT2D eigenvalue weighted by atomic mass is 9.89. The molecular weight excluding hydrogens is 1320 g/mol. The summed E-state index contributed by atoms with van der Waals surface area (Å²) in [4.78, 5) is 26.7. The molecule has 4 heterocycles. The van der Waals surface area contributed by atoms with Crippen LogP contribution in [-0.4, -0.2) is 29.9 Å². The summed E-state index contributed by atoms with van der Waals surface area (Å²) in [7, 11) is 0. The van der Waals surface area contributed by atoms with Gasteiger partial charge >= 0.3 is 32.3 Å². The van der Waals surface area contributed by atoms with E-state index in [1.54, 1.807) is 24.3 Å². The number of alkyl halides is 18. The lowest BCUT2D eigenvalue weighted by Gasteiger charge is -2.17. The number of rotatable bonds is 12. The fourth-order valence-electron chi connectivity index (χ4n) is 11.1. The van der Waals surface area contributed by atoms with Crippen molar-refractivity contribution < 1.29 is 52.7 Å². The molecule has 6 nitrogen and oxygen atoms in total. The highest BCUT2D eigenvalue weighted by Gasteiger charge is 2.35. The lowest BCUT2D eigenvalue weighted by Crippen LogP contribution is -2.04. The van der Waals surface area contributed by atoms with Gasteiger partial charge in [-0.2, -0.15) is 52.7 Å². The normalized spacial score (nSPS) is 13.0. The van der Waals surface area contributed by atoms with Gasteiger partial charge in [-0.05, 0) is 209 Å². The first-order valence-corrected chi connectivity index (χ1v) is 28.9. The number of benzene rings is 9. The van der Waals surface area contributed by atoms with Gasteiger partial charge in [-0.1, -0.05) is 109 Å². The standard InChI is InChI=1S/C66H32Cl6F12N6/c67-61(73,74)37-13-1-7-31(19-37)43-25-49-50(26-44(43)32-8-2-14-38(20-32)62(68,75)76)56-85-55(49)88-57-51-27-45(33-9-3-15-39(21-33)63(69,77)78)46(34-10-4-16-40(22-34)64(70,79)80)28-52(51)59(86-57)90-60-54-30-48(36-12-6-18-42(24-36)66(72,83)84)47(29-53(54)58(87-60)89-56)35-11-5-17-41(23-35)65(71,81)82/h1-30H,(H2,85,86,87,88,89,90). The maximum absolute atomic E-state index is 15.0. The first-order chi connectivity index (χ1) is 42.3. The summed E-state index contributed by atoms with van der Waals surface area (Å²) < 4.78 is 180. The summed E-state index contributed by atoms with van der Waals surface area (Å²) in [6, 6.07) is 39.4. The highest BCUT2D eigenvalue weighted by atomic mass is 35.5. The molecule has 13 rings (SSSR count). The van der Waals surface area contributed by atoms with Crippen LogP contribution in [0.4, 0.5) is 52.7 Å². The topological polar surface area (TPSA) is 83.1 Å². The van der Waals surface area contributed by atoms with Crippen LogP contribution in [0.3, 0.4) is 0 Å². The van der Waals surface area contributed by atoms with Crippen molar-refractivity contribution in [1.82, 2.24) is 29.9 Å². The molecule has 0 atom stereocenters. The van der Waals surface area contributed by atoms with Crippen LogP contribution in [0.15, 0.2) is 182 Å². The highest BCUT2D eigenvalue weighted by molar-refractivity contribution is 6.24. The number of H-pyrrole nitrogens is 2. The molecule has 0 unspecified atom stereocenters. The Labute approximate surface area is 530 Å². The van der Waals surface area contributed by atoms with E-state index < -0.39 is 65.7 Å². The molecule has 452 valence electrons. The van der Waals surface area contributed by atoms with E-state index in [1.807, 2.05) is 0 Å². The third-order valence-electron chi connectivity index (χ3n) is 15.3. The van der Waals surface area contributed by atoms with Crippen molar-refractivity contribution in [3.05, 3.63) is 215 Å². The molecule has 1 aliphatic heterocycles. The zero-order valence-electron chi connectivity index (χ0n) is 44.9. The van der Waals surface area contributed by atoms with Crippen LogP contribution >= 0.6 is 69.6 Å². The van der Waals surface area contributed by atoms with Gasteiger partial charge < -0.3 is 9.97 Å². The fraction of sp³-hybridized carbons (Fsp3) is 0.0909. The van der Waals surface area contributed by atoms with Gasteiger partial charge in [0.2, 0.25) is 0 Å². The maximum atomic E-state index is 15.0. The van der Waals surface area contributed by atoms with E-state index in [0.29, 0.717) is 0 Å². The fourth-order valence-corrected chi connectivity index (χ4v) is 11.8. The molecule has 0 radical (unpaired) electrons. The summed E-state index contributed by atoms with van der Waals surface area (Å²) in [6.45, 7) is 0. The van der Waals surface area contributed by atoms with Crippen molar-refractivity contribution in [3.8, 4) is 89.5 Å². The van der Waals surface area contributed by atoms with Crippen molar-refractivity contribution in [1.29, 1.82) is 0 Å². The molecule has 6 bridgehead atoms. The molecule has 2 N–H and O–H groups in total. The lowest BCUT2D eigenvalue weighted by molar-refractivity contribution is 0.0946. The van der Waals surface area contributed by atoms with Crippen molar-refractivity contribution in [3.63, 3.8) is 0 Å². The highest BCUT2D eigenvalue weighted by Crippen LogP contribution is 2.49. The minimum atomic E-state index is -3.87. The zero-order valence-corrected chi connectivity index (χ0v) is 49.4. The summed E-state index contributed by atoms with van der Waals surface area (Å²) in [5.41, 5.74) is -1.51. The predicted molar refractivity (Wildman–Crippen MR) is 330 cm³/mol. The Morgan fingerprint density at radius 2 is 0.433 bits per heavy atom. The predicted octanol–water partition coefficient (Wildman–Crippen LogP) is 23.0. The molecule has 0 aliphatic carbocycles. The zero-order chi connectivity index (χ0) is 63.8. The first-order valence-electron chi connectivity index (χ1n) is 26.6. The molecule has 0 amide bonds. The van der Waals surface area contributed by atoms with Crippen molar-refractivity contribution in [2.45, 2.75) is 32.3 Å². The Kier molecular flexibility index (Phi) is 14.7. The summed E-state index contributed by atoms with van der Waals surface area (Å²) in [5, 5.41) is -22.4. The number of halogens is 18. The number of nitrogens with one attached hydrogen (secondary N) is 2. The summed E-state index contributed by atoms with van der Waals surface area (Å²) >= 11 is 33.5. The Morgan fingerprint density at radius 1 is 0.233 bits per heavy atom. The van der Waals surface area contributed by atoms with Crippen LogP contribution in [0.2, 0.25) is 0 Å². The van der Waals surface area contributed by atoms with E-state index >= 15 is 0 Å². The van der Waals surface area contributed by atoms with E-state index in [4.69, 9.17) is 89.5 Å². The third kappa shape index (κ3) is 11.5. The molecule has 0 spiro atoms. The number of hydrogen-bond acceptors (Lipinski definition) is 4. The number of aromatic amines is 2. The van der Waals surface area contributed by atoms with Gasteiger partial charge in [-0.25, -0.2) is 19.9 Å². The van der Waals surface area contributed by atoms with Crippen LogP contribution in [0.1, 0.15) is 33.4 Å².